The lowest BCUT2D eigenvalue weighted by molar-refractivity contribution is -0.123. The molecular formula is C27H41N3O5. The molecule has 194 valence electrons. The number of carbonyl (C=O) groups excluding carboxylic acids is 2. The summed E-state index contributed by atoms with van der Waals surface area (Å²) in [7, 11) is 0. The van der Waals surface area contributed by atoms with Gasteiger partial charge < -0.3 is 29.3 Å². The molecular weight excluding hydrogens is 446 g/mol. The van der Waals surface area contributed by atoms with E-state index >= 15 is 0 Å². The van der Waals surface area contributed by atoms with Gasteiger partial charge in [-0.3, -0.25) is 4.79 Å². The van der Waals surface area contributed by atoms with Gasteiger partial charge in [-0.25, -0.2) is 4.79 Å². The van der Waals surface area contributed by atoms with Gasteiger partial charge in [-0.2, -0.15) is 0 Å². The Morgan fingerprint density at radius 1 is 0.971 bits per heavy atom. The Kier molecular flexibility index (Phi) is 9.51. The van der Waals surface area contributed by atoms with Crippen molar-refractivity contribution in [1.82, 2.24) is 15.1 Å². The van der Waals surface area contributed by atoms with Gasteiger partial charge in [0.1, 0.15) is 13.2 Å². The maximum atomic E-state index is 13.1. The van der Waals surface area contributed by atoms with Gasteiger partial charge in [0, 0.05) is 26.1 Å². The number of ether oxygens (including phenoxy) is 3. The molecule has 0 aromatic heterocycles. The highest BCUT2D eigenvalue weighted by Crippen LogP contribution is 2.35. The molecule has 1 aromatic rings. The molecule has 4 rings (SSSR count). The fourth-order valence-electron chi connectivity index (χ4n) is 5.15. The number of amides is 2. The first-order chi connectivity index (χ1) is 17.1. The summed E-state index contributed by atoms with van der Waals surface area (Å²) in [5.74, 6) is 1.37. The van der Waals surface area contributed by atoms with Crippen molar-refractivity contribution in [3.63, 3.8) is 0 Å². The third-order valence-electron chi connectivity index (χ3n) is 7.11. The first kappa shape index (κ1) is 25.6. The number of benzene rings is 1. The first-order valence-electron chi connectivity index (χ1n) is 13.5. The molecule has 0 saturated carbocycles. The number of hydrogen-bond donors (Lipinski definition) is 1. The van der Waals surface area contributed by atoms with Crippen LogP contribution in [0.4, 0.5) is 4.79 Å². The third-order valence-corrected chi connectivity index (χ3v) is 7.11. The average Bonchev–Trinajstić information content (AvgIpc) is 3.59. The third kappa shape index (κ3) is 7.26. The highest BCUT2D eigenvalue weighted by atomic mass is 16.6. The molecule has 0 unspecified atom stereocenters. The summed E-state index contributed by atoms with van der Waals surface area (Å²) in [6, 6.07) is 5.36. The predicted molar refractivity (Wildman–Crippen MR) is 134 cm³/mol. The number of carbonyl (C=O) groups is 2. The molecule has 2 fully saturated rings. The van der Waals surface area contributed by atoms with E-state index in [1.165, 1.54) is 0 Å². The Balaban J connectivity index is 1.56. The van der Waals surface area contributed by atoms with Crippen molar-refractivity contribution < 1.29 is 23.8 Å². The highest BCUT2D eigenvalue weighted by molar-refractivity contribution is 5.76. The number of nitrogens with zero attached hydrogens (tertiary/aromatic N) is 2. The second-order valence-corrected chi connectivity index (χ2v) is 9.89. The summed E-state index contributed by atoms with van der Waals surface area (Å²) in [5, 5.41) is 3.25. The van der Waals surface area contributed by atoms with E-state index in [-0.39, 0.29) is 18.0 Å². The fourth-order valence-corrected chi connectivity index (χ4v) is 5.15. The molecule has 8 heteroatoms. The Bertz CT molecular complexity index is 836. The molecule has 0 bridgehead atoms. The largest absolute Gasteiger partial charge is 0.486 e. The smallest absolute Gasteiger partial charge is 0.410 e. The Labute approximate surface area is 209 Å². The summed E-state index contributed by atoms with van der Waals surface area (Å²) in [4.78, 5) is 30.2. The van der Waals surface area contributed by atoms with E-state index < -0.39 is 6.10 Å². The molecule has 3 heterocycles. The summed E-state index contributed by atoms with van der Waals surface area (Å²) in [5.41, 5.74) is 0.817. The molecule has 2 saturated heterocycles. The van der Waals surface area contributed by atoms with Crippen LogP contribution < -0.4 is 14.8 Å². The van der Waals surface area contributed by atoms with Crippen molar-refractivity contribution in [3.05, 3.63) is 23.8 Å². The van der Waals surface area contributed by atoms with Crippen molar-refractivity contribution in [2.45, 2.75) is 76.9 Å². The fraction of sp³-hybridized carbons (Fsp3) is 0.704. The minimum atomic E-state index is -0.612. The van der Waals surface area contributed by atoms with Crippen molar-refractivity contribution in [3.8, 4) is 11.5 Å². The molecule has 2 atom stereocenters. The topological polar surface area (TPSA) is 80.3 Å². The van der Waals surface area contributed by atoms with Crippen LogP contribution >= 0.6 is 0 Å². The van der Waals surface area contributed by atoms with Crippen LogP contribution in [0.15, 0.2) is 18.2 Å². The molecule has 1 N–H and O–H groups in total. The van der Waals surface area contributed by atoms with Crippen LogP contribution in [0.2, 0.25) is 0 Å². The number of rotatable bonds is 11. The van der Waals surface area contributed by atoms with Gasteiger partial charge in [0.2, 0.25) is 5.91 Å². The Morgan fingerprint density at radius 3 is 2.43 bits per heavy atom. The summed E-state index contributed by atoms with van der Waals surface area (Å²) in [6.07, 6.45) is 8.06. The summed E-state index contributed by atoms with van der Waals surface area (Å²) in [6.45, 7) is 7.24. The average molecular weight is 488 g/mol. The number of likely N-dealkylation sites (tertiary alicyclic amines) is 2. The van der Waals surface area contributed by atoms with Crippen LogP contribution in [0.1, 0.15) is 76.4 Å². The SMILES string of the molecule is CCCCCCC(=O)N[C@H](CN1CCCC1)[C@H](OC(=O)N1CCCC1)c1ccc2c(c1)OCCO2. The van der Waals surface area contributed by atoms with E-state index in [0.717, 1.165) is 70.0 Å². The minimum absolute atomic E-state index is 0.0186. The van der Waals surface area contributed by atoms with Crippen LogP contribution in [0, 0.1) is 0 Å². The second-order valence-electron chi connectivity index (χ2n) is 9.89. The molecule has 8 nitrogen and oxygen atoms in total. The molecule has 3 aliphatic rings. The van der Waals surface area contributed by atoms with E-state index in [1.54, 1.807) is 4.90 Å². The molecule has 2 amide bonds. The maximum Gasteiger partial charge on any atom is 0.410 e. The van der Waals surface area contributed by atoms with Crippen molar-refractivity contribution in [2.24, 2.45) is 0 Å². The van der Waals surface area contributed by atoms with Crippen molar-refractivity contribution in [2.75, 3.05) is 45.9 Å². The Hall–Kier alpha value is -2.48. The normalized spacial score (nSPS) is 19.4. The zero-order valence-electron chi connectivity index (χ0n) is 21.1. The number of hydrogen-bond acceptors (Lipinski definition) is 6. The van der Waals surface area contributed by atoms with Gasteiger partial charge in [0.05, 0.1) is 6.04 Å². The van der Waals surface area contributed by atoms with E-state index in [9.17, 15) is 9.59 Å². The van der Waals surface area contributed by atoms with Gasteiger partial charge in [-0.05, 0) is 62.9 Å². The van der Waals surface area contributed by atoms with E-state index in [4.69, 9.17) is 14.2 Å². The maximum absolute atomic E-state index is 13.1. The van der Waals surface area contributed by atoms with Crippen molar-refractivity contribution >= 4 is 12.0 Å². The van der Waals surface area contributed by atoms with Crippen molar-refractivity contribution in [1.29, 1.82) is 0 Å². The first-order valence-corrected chi connectivity index (χ1v) is 13.5. The number of fused-ring (bicyclic) bond motifs is 1. The van der Waals surface area contributed by atoms with E-state index in [2.05, 4.69) is 17.1 Å². The van der Waals surface area contributed by atoms with Crippen LogP contribution in [0.3, 0.4) is 0 Å². The summed E-state index contributed by atoms with van der Waals surface area (Å²) >= 11 is 0. The molecule has 0 aliphatic carbocycles. The zero-order chi connectivity index (χ0) is 24.5. The van der Waals surface area contributed by atoms with Crippen LogP contribution in [0.5, 0.6) is 11.5 Å². The minimum Gasteiger partial charge on any atom is -0.486 e. The van der Waals surface area contributed by atoms with Gasteiger partial charge in [0.25, 0.3) is 0 Å². The lowest BCUT2D eigenvalue weighted by Crippen LogP contribution is -2.48. The lowest BCUT2D eigenvalue weighted by Gasteiger charge is -2.33. The quantitative estimate of drug-likeness (QED) is 0.469. The monoisotopic (exact) mass is 487 g/mol. The van der Waals surface area contributed by atoms with Crippen LogP contribution in [-0.2, 0) is 9.53 Å². The molecule has 1 aromatic carbocycles. The number of unbranched alkanes of at least 4 members (excludes halogenated alkanes) is 3. The molecule has 35 heavy (non-hydrogen) atoms. The second kappa shape index (κ2) is 13.0. The van der Waals surface area contributed by atoms with E-state index in [0.29, 0.717) is 50.8 Å². The summed E-state index contributed by atoms with van der Waals surface area (Å²) < 4.78 is 17.7. The number of nitrogens with one attached hydrogen (secondary N) is 1. The highest BCUT2D eigenvalue weighted by Gasteiger charge is 2.33. The van der Waals surface area contributed by atoms with Gasteiger partial charge in [-0.1, -0.05) is 32.3 Å². The predicted octanol–water partition coefficient (Wildman–Crippen LogP) is 4.28. The van der Waals surface area contributed by atoms with Crippen LogP contribution in [-0.4, -0.2) is 73.8 Å². The molecule has 0 spiro atoms. The van der Waals surface area contributed by atoms with E-state index in [1.807, 2.05) is 18.2 Å². The molecule has 3 aliphatic heterocycles. The van der Waals surface area contributed by atoms with Gasteiger partial charge in [-0.15, -0.1) is 0 Å². The Morgan fingerprint density at radius 2 is 1.69 bits per heavy atom. The molecule has 0 radical (unpaired) electrons. The zero-order valence-corrected chi connectivity index (χ0v) is 21.1. The standard InChI is InChI=1S/C27H41N3O5/c1-2-3-4-5-10-25(31)28-22(20-29-13-6-7-14-29)26(35-27(32)30-15-8-9-16-30)21-11-12-23-24(19-21)34-18-17-33-23/h11-12,19,22,26H,2-10,13-18,20H2,1H3,(H,28,31)/t22-,26-/m1/s1. The van der Waals surface area contributed by atoms with Crippen LogP contribution in [0.25, 0.3) is 0 Å². The lowest BCUT2D eigenvalue weighted by atomic mass is 10.00. The van der Waals surface area contributed by atoms with Gasteiger partial charge in [0.15, 0.2) is 17.6 Å². The van der Waals surface area contributed by atoms with Gasteiger partial charge >= 0.3 is 6.09 Å².